The predicted molar refractivity (Wildman–Crippen MR) is 100 cm³/mol. The van der Waals surface area contributed by atoms with E-state index in [9.17, 15) is 0 Å². The molecule has 0 amide bonds. The summed E-state index contributed by atoms with van der Waals surface area (Å²) in [5.74, 6) is 0.465. The molecular weight excluding hydrogens is 280 g/mol. The lowest BCUT2D eigenvalue weighted by molar-refractivity contribution is -0.442. The second-order valence-electron chi connectivity index (χ2n) is 7.70. The fraction of sp³-hybridized carbons (Fsp3) is 0.429. The van der Waals surface area contributed by atoms with Crippen molar-refractivity contribution in [2.45, 2.75) is 52.0 Å². The van der Waals surface area contributed by atoms with Crippen LogP contribution in [-0.2, 0) is 5.41 Å². The van der Waals surface area contributed by atoms with Crippen molar-refractivity contribution in [3.8, 4) is 0 Å². The molecule has 0 saturated carbocycles. The topological polar surface area (TPSA) is 15.4 Å². The molecule has 1 heterocycles. The van der Waals surface area contributed by atoms with E-state index in [1.165, 1.54) is 27.5 Å². The van der Waals surface area contributed by atoms with E-state index in [2.05, 4.69) is 80.7 Å². The SMILES string of the molecule is CN=C[N+]1=Cc2cc(C(C)(C)C)c3ccccc3c2C(C)C1C. The van der Waals surface area contributed by atoms with Crippen LogP contribution in [0.25, 0.3) is 10.8 Å². The van der Waals surface area contributed by atoms with Gasteiger partial charge in [-0.2, -0.15) is 0 Å². The van der Waals surface area contributed by atoms with Gasteiger partial charge in [-0.15, -0.1) is 0 Å². The van der Waals surface area contributed by atoms with Crippen molar-refractivity contribution in [2.75, 3.05) is 7.05 Å². The smallest absolute Gasteiger partial charge is 0.234 e. The highest BCUT2D eigenvalue weighted by Crippen LogP contribution is 2.39. The maximum Gasteiger partial charge on any atom is 0.279 e. The number of aliphatic imine (C=N–C) groups is 1. The number of hydrogen-bond acceptors (Lipinski definition) is 1. The maximum absolute atomic E-state index is 4.22. The molecule has 0 saturated heterocycles. The molecule has 120 valence electrons. The van der Waals surface area contributed by atoms with Gasteiger partial charge >= 0.3 is 0 Å². The molecule has 0 bridgehead atoms. The van der Waals surface area contributed by atoms with Crippen molar-refractivity contribution >= 4 is 23.3 Å². The summed E-state index contributed by atoms with van der Waals surface area (Å²) < 4.78 is 2.24. The molecular formula is C21H27N2+. The van der Waals surface area contributed by atoms with Crippen LogP contribution in [0.15, 0.2) is 35.3 Å². The van der Waals surface area contributed by atoms with E-state index in [4.69, 9.17) is 0 Å². The molecule has 23 heavy (non-hydrogen) atoms. The van der Waals surface area contributed by atoms with Gasteiger partial charge in [-0.05, 0) is 40.3 Å². The molecule has 2 heteroatoms. The summed E-state index contributed by atoms with van der Waals surface area (Å²) in [6.07, 6.45) is 4.20. The van der Waals surface area contributed by atoms with Gasteiger partial charge in [0.15, 0.2) is 0 Å². The molecule has 0 radical (unpaired) electrons. The Labute approximate surface area is 139 Å². The first-order valence-corrected chi connectivity index (χ1v) is 8.45. The third-order valence-corrected chi connectivity index (χ3v) is 5.11. The largest absolute Gasteiger partial charge is 0.279 e. The van der Waals surface area contributed by atoms with Crippen LogP contribution < -0.4 is 0 Å². The van der Waals surface area contributed by atoms with E-state index >= 15 is 0 Å². The average Bonchev–Trinajstić information content (AvgIpc) is 2.50. The second-order valence-corrected chi connectivity index (χ2v) is 7.70. The molecule has 3 rings (SSSR count). The van der Waals surface area contributed by atoms with Crippen molar-refractivity contribution in [1.29, 1.82) is 0 Å². The zero-order valence-electron chi connectivity index (χ0n) is 15.1. The second kappa shape index (κ2) is 5.59. The molecule has 0 aromatic heterocycles. The minimum absolute atomic E-state index is 0.123. The number of benzene rings is 2. The number of hydrogen-bond donors (Lipinski definition) is 0. The highest BCUT2D eigenvalue weighted by Gasteiger charge is 2.31. The van der Waals surface area contributed by atoms with Crippen molar-refractivity contribution in [2.24, 2.45) is 4.99 Å². The van der Waals surface area contributed by atoms with Crippen LogP contribution in [0.1, 0.15) is 57.2 Å². The van der Waals surface area contributed by atoms with Gasteiger partial charge in [-0.1, -0.05) is 57.0 Å². The molecule has 2 aromatic rings. The van der Waals surface area contributed by atoms with E-state index < -0.39 is 0 Å². The van der Waals surface area contributed by atoms with E-state index in [-0.39, 0.29) is 5.41 Å². The van der Waals surface area contributed by atoms with Gasteiger partial charge in [0.05, 0.1) is 6.21 Å². The summed E-state index contributed by atoms with van der Waals surface area (Å²) in [6, 6.07) is 11.7. The van der Waals surface area contributed by atoms with Gasteiger partial charge in [-0.3, -0.25) is 0 Å². The summed E-state index contributed by atoms with van der Waals surface area (Å²) in [4.78, 5) is 4.22. The van der Waals surface area contributed by atoms with Crippen LogP contribution in [0.5, 0.6) is 0 Å². The summed E-state index contributed by atoms with van der Waals surface area (Å²) >= 11 is 0. The summed E-state index contributed by atoms with van der Waals surface area (Å²) in [5.41, 5.74) is 4.34. The van der Waals surface area contributed by atoms with Crippen LogP contribution in [0.2, 0.25) is 0 Å². The van der Waals surface area contributed by atoms with E-state index in [0.717, 1.165) is 0 Å². The maximum atomic E-state index is 4.22. The highest BCUT2D eigenvalue weighted by atomic mass is 15.1. The zero-order valence-corrected chi connectivity index (χ0v) is 15.1. The van der Waals surface area contributed by atoms with E-state index in [1.54, 1.807) is 0 Å². The standard InChI is InChI=1S/C21H27N2/c1-14-15(2)23(13-22-6)12-16-11-19(21(3,4)5)17-9-7-8-10-18(17)20(14)16/h7-15H,1-6H3/q+1. The van der Waals surface area contributed by atoms with Gasteiger partial charge in [0.1, 0.15) is 13.1 Å². The minimum atomic E-state index is 0.123. The lowest BCUT2D eigenvalue weighted by Crippen LogP contribution is -2.33. The molecule has 0 spiro atoms. The number of nitrogens with zero attached hydrogens (tertiary/aromatic N) is 2. The minimum Gasteiger partial charge on any atom is -0.234 e. The first kappa shape index (κ1) is 15.9. The highest BCUT2D eigenvalue weighted by molar-refractivity contribution is 5.97. The van der Waals surface area contributed by atoms with Crippen LogP contribution >= 0.6 is 0 Å². The number of fused-ring (bicyclic) bond motifs is 3. The van der Waals surface area contributed by atoms with Crippen molar-refractivity contribution < 1.29 is 4.58 Å². The first-order chi connectivity index (χ1) is 10.8. The normalized spacial score (nSPS) is 21.6. The monoisotopic (exact) mass is 307 g/mol. The molecule has 0 N–H and O–H groups in total. The Morgan fingerprint density at radius 3 is 2.35 bits per heavy atom. The third kappa shape index (κ3) is 2.60. The van der Waals surface area contributed by atoms with E-state index in [0.29, 0.717) is 12.0 Å². The predicted octanol–water partition coefficient (Wildman–Crippen LogP) is 4.73. The Bertz CT molecular complexity index is 806. The Balaban J connectivity index is 2.39. The summed E-state index contributed by atoms with van der Waals surface area (Å²) in [6.45, 7) is 11.5. The molecule has 2 unspecified atom stereocenters. The fourth-order valence-corrected chi connectivity index (χ4v) is 3.70. The van der Waals surface area contributed by atoms with Crippen molar-refractivity contribution in [3.63, 3.8) is 0 Å². The molecule has 0 aliphatic carbocycles. The van der Waals surface area contributed by atoms with Gasteiger partial charge in [-0.25, -0.2) is 4.58 Å². The van der Waals surface area contributed by atoms with Crippen LogP contribution in [0, 0.1) is 0 Å². The zero-order chi connectivity index (χ0) is 16.8. The molecule has 0 fully saturated rings. The van der Waals surface area contributed by atoms with Crippen LogP contribution in [-0.4, -0.2) is 30.2 Å². The van der Waals surface area contributed by atoms with Crippen molar-refractivity contribution in [1.82, 2.24) is 0 Å². The average molecular weight is 307 g/mol. The van der Waals surface area contributed by atoms with Gasteiger partial charge in [0.25, 0.3) is 6.34 Å². The van der Waals surface area contributed by atoms with Gasteiger partial charge in [0, 0.05) is 11.5 Å². The molecule has 1 aliphatic rings. The summed E-state index contributed by atoms with van der Waals surface area (Å²) in [7, 11) is 1.84. The van der Waals surface area contributed by atoms with Crippen molar-refractivity contribution in [3.05, 3.63) is 47.0 Å². The quantitative estimate of drug-likeness (QED) is 0.411. The van der Waals surface area contributed by atoms with Crippen LogP contribution in [0.4, 0.5) is 0 Å². The first-order valence-electron chi connectivity index (χ1n) is 8.45. The Hall–Kier alpha value is -1.96. The van der Waals surface area contributed by atoms with Crippen LogP contribution in [0.3, 0.4) is 0 Å². The fourth-order valence-electron chi connectivity index (χ4n) is 3.70. The molecule has 2 atom stereocenters. The molecule has 2 aromatic carbocycles. The molecule has 2 nitrogen and oxygen atoms in total. The van der Waals surface area contributed by atoms with Gasteiger partial charge < -0.3 is 0 Å². The van der Waals surface area contributed by atoms with Gasteiger partial charge in [0.2, 0.25) is 0 Å². The Morgan fingerprint density at radius 1 is 1.09 bits per heavy atom. The number of rotatable bonds is 1. The Kier molecular flexibility index (Phi) is 3.87. The third-order valence-electron chi connectivity index (χ3n) is 5.11. The summed E-state index contributed by atoms with van der Waals surface area (Å²) in [5, 5.41) is 2.79. The van der Waals surface area contributed by atoms with E-state index in [1.807, 2.05) is 13.4 Å². The molecule has 1 aliphatic heterocycles. The lowest BCUT2D eigenvalue weighted by atomic mass is 9.77. The lowest BCUT2D eigenvalue weighted by Gasteiger charge is -2.30. The Morgan fingerprint density at radius 2 is 1.74 bits per heavy atom.